The largest absolute Gasteiger partial charge is 0.330 e. The van der Waals surface area contributed by atoms with Crippen molar-refractivity contribution in [2.75, 3.05) is 5.32 Å². The van der Waals surface area contributed by atoms with Crippen molar-refractivity contribution >= 4 is 22.6 Å². The summed E-state index contributed by atoms with van der Waals surface area (Å²) >= 11 is 0. The minimum atomic E-state index is -0.252. The molecule has 0 aliphatic rings. The number of nitrogens with one attached hydrogen (secondary N) is 2. The lowest BCUT2D eigenvalue weighted by Gasteiger charge is -2.08. The number of benzene rings is 2. The molecule has 0 unspecified atom stereocenters. The van der Waals surface area contributed by atoms with Crippen molar-refractivity contribution in [2.24, 2.45) is 0 Å². The van der Waals surface area contributed by atoms with Gasteiger partial charge in [0, 0.05) is 22.8 Å². The van der Waals surface area contributed by atoms with Crippen LogP contribution in [0.5, 0.6) is 0 Å². The molecule has 128 valence electrons. The number of H-pyrrole nitrogens is 1. The predicted molar refractivity (Wildman–Crippen MR) is 101 cm³/mol. The highest BCUT2D eigenvalue weighted by molar-refractivity contribution is 6.04. The average molecular weight is 344 g/mol. The minimum absolute atomic E-state index is 0.208. The first kappa shape index (κ1) is 15.8. The van der Waals surface area contributed by atoms with Crippen LogP contribution >= 0.6 is 0 Å². The van der Waals surface area contributed by atoms with Crippen LogP contribution in [0.25, 0.3) is 16.6 Å². The van der Waals surface area contributed by atoms with Gasteiger partial charge in [-0.25, -0.2) is 9.78 Å². The monoisotopic (exact) mass is 344 g/mol. The molecule has 26 heavy (non-hydrogen) atoms. The van der Waals surface area contributed by atoms with Gasteiger partial charge in [0.05, 0.1) is 11.2 Å². The second-order valence-corrected chi connectivity index (χ2v) is 5.96. The van der Waals surface area contributed by atoms with Crippen LogP contribution in [0.1, 0.15) is 16.1 Å². The molecular weight excluding hydrogens is 328 g/mol. The summed E-state index contributed by atoms with van der Waals surface area (Å²) < 4.78 is 1.55. The predicted octanol–water partition coefficient (Wildman–Crippen LogP) is 3.27. The van der Waals surface area contributed by atoms with E-state index in [0.29, 0.717) is 17.1 Å². The summed E-state index contributed by atoms with van der Waals surface area (Å²) in [7, 11) is 0. The third-order valence-electron chi connectivity index (χ3n) is 4.19. The van der Waals surface area contributed by atoms with E-state index in [1.54, 1.807) is 41.1 Å². The molecule has 0 radical (unpaired) electrons. The second kappa shape index (κ2) is 6.33. The van der Waals surface area contributed by atoms with Crippen LogP contribution < -0.4 is 11.0 Å². The molecular formula is C20H16N4O2. The highest BCUT2D eigenvalue weighted by Crippen LogP contribution is 2.16. The fourth-order valence-electron chi connectivity index (χ4n) is 2.86. The van der Waals surface area contributed by atoms with Crippen molar-refractivity contribution < 1.29 is 4.79 Å². The Morgan fingerprint density at radius 1 is 1.04 bits per heavy atom. The van der Waals surface area contributed by atoms with Gasteiger partial charge in [-0.2, -0.15) is 0 Å². The van der Waals surface area contributed by atoms with Gasteiger partial charge >= 0.3 is 5.69 Å². The number of aromatic amines is 1. The van der Waals surface area contributed by atoms with Crippen molar-refractivity contribution in [3.8, 4) is 5.69 Å². The first-order chi connectivity index (χ1) is 12.6. The van der Waals surface area contributed by atoms with Crippen LogP contribution in [0, 0.1) is 6.92 Å². The van der Waals surface area contributed by atoms with Gasteiger partial charge in [-0.3, -0.25) is 9.36 Å². The zero-order valence-electron chi connectivity index (χ0n) is 14.1. The number of aryl methyl sites for hydroxylation is 1. The van der Waals surface area contributed by atoms with Gasteiger partial charge in [0.2, 0.25) is 0 Å². The number of pyridine rings is 1. The summed E-state index contributed by atoms with van der Waals surface area (Å²) in [5.41, 5.74) is 2.61. The van der Waals surface area contributed by atoms with Crippen LogP contribution in [0.15, 0.2) is 71.7 Å². The molecule has 1 amide bonds. The summed E-state index contributed by atoms with van der Waals surface area (Å²) in [6.07, 6.45) is 1.65. The lowest BCUT2D eigenvalue weighted by atomic mass is 10.2. The molecule has 0 spiro atoms. The summed E-state index contributed by atoms with van der Waals surface area (Å²) in [5.74, 6) is 0.243. The van der Waals surface area contributed by atoms with Gasteiger partial charge < -0.3 is 10.3 Å². The van der Waals surface area contributed by atoms with E-state index in [-0.39, 0.29) is 11.6 Å². The SMILES string of the molecule is Cc1c[nH]c(=O)n1-c1ccc(C(=O)Nc2ccc3ccccc3n2)cc1. The topological polar surface area (TPSA) is 79.8 Å². The number of hydrogen-bond acceptors (Lipinski definition) is 3. The molecule has 2 heterocycles. The van der Waals surface area contributed by atoms with Crippen LogP contribution in [0.2, 0.25) is 0 Å². The molecule has 0 saturated carbocycles. The van der Waals surface area contributed by atoms with Crippen LogP contribution in [0.4, 0.5) is 5.82 Å². The van der Waals surface area contributed by atoms with Crippen LogP contribution in [-0.2, 0) is 0 Å². The van der Waals surface area contributed by atoms with Crippen LogP contribution in [0.3, 0.4) is 0 Å². The molecule has 0 bridgehead atoms. The highest BCUT2D eigenvalue weighted by atomic mass is 16.2. The van der Waals surface area contributed by atoms with E-state index in [1.807, 2.05) is 37.3 Å². The normalized spacial score (nSPS) is 10.8. The molecule has 2 N–H and O–H groups in total. The van der Waals surface area contributed by atoms with Gasteiger partial charge in [0.15, 0.2) is 0 Å². The lowest BCUT2D eigenvalue weighted by Crippen LogP contribution is -2.16. The first-order valence-electron chi connectivity index (χ1n) is 8.16. The Balaban J connectivity index is 1.57. The number of carbonyl (C=O) groups excluding carboxylic acids is 1. The Bertz CT molecular complexity index is 1160. The standard InChI is InChI=1S/C20H16N4O2/c1-13-12-21-20(26)24(13)16-9-6-15(7-10-16)19(25)23-18-11-8-14-4-2-3-5-17(14)22-18/h2-12H,1H3,(H,21,26)(H,22,23,25). The zero-order valence-corrected chi connectivity index (χ0v) is 14.1. The van der Waals surface area contributed by atoms with E-state index >= 15 is 0 Å². The summed E-state index contributed by atoms with van der Waals surface area (Å²) in [6, 6.07) is 18.3. The number of aromatic nitrogens is 3. The van der Waals surface area contributed by atoms with Crippen molar-refractivity contribution in [2.45, 2.75) is 6.92 Å². The molecule has 0 aliphatic heterocycles. The van der Waals surface area contributed by atoms with Gasteiger partial charge in [-0.15, -0.1) is 0 Å². The molecule has 0 saturated heterocycles. The first-order valence-corrected chi connectivity index (χ1v) is 8.16. The minimum Gasteiger partial charge on any atom is -0.312 e. The van der Waals surface area contributed by atoms with E-state index < -0.39 is 0 Å². The third kappa shape index (κ3) is 2.88. The van der Waals surface area contributed by atoms with Gasteiger partial charge in [0.1, 0.15) is 5.82 Å². The molecule has 4 rings (SSSR count). The average Bonchev–Trinajstić information content (AvgIpc) is 3.00. The van der Waals surface area contributed by atoms with Crippen molar-refractivity contribution in [3.63, 3.8) is 0 Å². The van der Waals surface area contributed by atoms with Gasteiger partial charge in [-0.1, -0.05) is 18.2 Å². The number of nitrogens with zero attached hydrogens (tertiary/aromatic N) is 2. The number of carbonyl (C=O) groups is 1. The molecule has 4 aromatic rings. The number of amides is 1. The number of imidazole rings is 1. The molecule has 6 heteroatoms. The summed E-state index contributed by atoms with van der Waals surface area (Å²) in [5, 5.41) is 3.82. The van der Waals surface area contributed by atoms with E-state index in [9.17, 15) is 9.59 Å². The molecule has 0 aliphatic carbocycles. The van der Waals surface area contributed by atoms with Gasteiger partial charge in [-0.05, 0) is 49.4 Å². The number of fused-ring (bicyclic) bond motifs is 1. The Morgan fingerprint density at radius 3 is 2.54 bits per heavy atom. The van der Waals surface area contributed by atoms with Crippen LogP contribution in [-0.4, -0.2) is 20.4 Å². The Morgan fingerprint density at radius 2 is 1.81 bits per heavy atom. The fourth-order valence-corrected chi connectivity index (χ4v) is 2.86. The van der Waals surface area contributed by atoms with Crippen molar-refractivity contribution in [1.29, 1.82) is 0 Å². The van der Waals surface area contributed by atoms with E-state index in [2.05, 4.69) is 15.3 Å². The second-order valence-electron chi connectivity index (χ2n) is 5.96. The van der Waals surface area contributed by atoms with Crippen molar-refractivity contribution in [1.82, 2.24) is 14.5 Å². The Kier molecular flexibility index (Phi) is 3.85. The zero-order chi connectivity index (χ0) is 18.1. The third-order valence-corrected chi connectivity index (χ3v) is 4.19. The maximum Gasteiger partial charge on any atom is 0.330 e. The molecule has 2 aromatic carbocycles. The summed E-state index contributed by atoms with van der Waals surface area (Å²) in [6.45, 7) is 1.84. The smallest absolute Gasteiger partial charge is 0.312 e. The fraction of sp³-hybridized carbons (Fsp3) is 0.0500. The van der Waals surface area contributed by atoms with Gasteiger partial charge in [0.25, 0.3) is 5.91 Å². The lowest BCUT2D eigenvalue weighted by molar-refractivity contribution is 0.102. The maximum atomic E-state index is 12.5. The van der Waals surface area contributed by atoms with E-state index in [1.165, 1.54) is 0 Å². The van der Waals surface area contributed by atoms with E-state index in [4.69, 9.17) is 0 Å². The number of rotatable bonds is 3. The molecule has 0 atom stereocenters. The molecule has 6 nitrogen and oxygen atoms in total. The highest BCUT2D eigenvalue weighted by Gasteiger charge is 2.09. The quantitative estimate of drug-likeness (QED) is 0.598. The maximum absolute atomic E-state index is 12.5. The van der Waals surface area contributed by atoms with Crippen molar-refractivity contribution in [3.05, 3.63) is 88.6 Å². The van der Waals surface area contributed by atoms with E-state index in [0.717, 1.165) is 16.6 Å². The number of anilines is 1. The summed E-state index contributed by atoms with van der Waals surface area (Å²) in [4.78, 5) is 31.4. The molecule has 0 fully saturated rings. The Labute approximate surface area is 149 Å². The number of hydrogen-bond donors (Lipinski definition) is 2. The Hall–Kier alpha value is -3.67. The molecule has 2 aromatic heterocycles. The number of para-hydroxylation sites is 1.